The van der Waals surface area contributed by atoms with Gasteiger partial charge in [0, 0.05) is 18.4 Å². The van der Waals surface area contributed by atoms with E-state index in [0.717, 1.165) is 0 Å². The van der Waals surface area contributed by atoms with Crippen LogP contribution in [0.15, 0.2) is 23.0 Å². The van der Waals surface area contributed by atoms with Crippen LogP contribution in [-0.2, 0) is 19.1 Å². The van der Waals surface area contributed by atoms with Crippen LogP contribution in [0.25, 0.3) is 0 Å². The van der Waals surface area contributed by atoms with Crippen molar-refractivity contribution < 1.29 is 41.0 Å². The summed E-state index contributed by atoms with van der Waals surface area (Å²) in [6, 6.07) is 0. The standard InChI is InChI=1S/C24H31F5O4/c1-11(2)19(32-14(5)30)10-20-13(4)15-9-16(15)21(22(31)33-20)17-8-12(3)6-7-18(17)23(25,26)24(27,28)29/h10-13,15-16,19,21H,6-9H2,1-5H3/b20-10+/t12-,13+,15+,16-,19?,21?/m1/s1. The summed E-state index contributed by atoms with van der Waals surface area (Å²) in [5.41, 5.74) is -1.08. The Kier molecular flexibility index (Phi) is 7.02. The number of carbonyl (C=O) groups excluding carboxylic acids is 2. The summed E-state index contributed by atoms with van der Waals surface area (Å²) in [7, 11) is 0. The molecule has 3 aliphatic rings. The van der Waals surface area contributed by atoms with Crippen LogP contribution >= 0.6 is 0 Å². The van der Waals surface area contributed by atoms with Crippen molar-refractivity contribution in [2.45, 2.75) is 78.5 Å². The molecule has 1 aliphatic heterocycles. The summed E-state index contributed by atoms with van der Waals surface area (Å²) in [5.74, 6) is -8.03. The van der Waals surface area contributed by atoms with Gasteiger partial charge in [0.1, 0.15) is 11.9 Å². The molecule has 2 unspecified atom stereocenters. The highest BCUT2D eigenvalue weighted by atomic mass is 19.4. The van der Waals surface area contributed by atoms with E-state index >= 15 is 0 Å². The number of allylic oxidation sites excluding steroid dienone is 2. The molecule has 3 rings (SSSR count). The third kappa shape index (κ3) is 5.11. The van der Waals surface area contributed by atoms with Crippen LogP contribution in [0.4, 0.5) is 22.0 Å². The summed E-state index contributed by atoms with van der Waals surface area (Å²) in [5, 5.41) is 0. The van der Waals surface area contributed by atoms with E-state index in [1.165, 1.54) is 6.92 Å². The van der Waals surface area contributed by atoms with Gasteiger partial charge in [0.15, 0.2) is 0 Å². The number of carbonyl (C=O) groups is 2. The molecule has 1 saturated heterocycles. The Hall–Kier alpha value is -1.93. The lowest BCUT2D eigenvalue weighted by Crippen LogP contribution is -2.41. The summed E-state index contributed by atoms with van der Waals surface area (Å²) < 4.78 is 79.5. The van der Waals surface area contributed by atoms with Crippen LogP contribution in [0.5, 0.6) is 0 Å². The number of fused-ring (bicyclic) bond motifs is 1. The molecular formula is C24H31F5O4. The fourth-order valence-electron chi connectivity index (χ4n) is 5.15. The van der Waals surface area contributed by atoms with E-state index in [-0.39, 0.29) is 53.8 Å². The molecule has 0 N–H and O–H groups in total. The van der Waals surface area contributed by atoms with E-state index in [1.54, 1.807) is 13.0 Å². The van der Waals surface area contributed by atoms with Gasteiger partial charge in [-0.25, -0.2) is 0 Å². The van der Waals surface area contributed by atoms with Crippen molar-refractivity contribution in [1.29, 1.82) is 0 Å². The van der Waals surface area contributed by atoms with Crippen LogP contribution in [-0.4, -0.2) is 30.1 Å². The average molecular weight is 478 g/mol. The van der Waals surface area contributed by atoms with E-state index in [1.807, 2.05) is 20.8 Å². The maximum Gasteiger partial charge on any atom is 0.457 e. The highest BCUT2D eigenvalue weighted by Crippen LogP contribution is 2.59. The second-order valence-electron chi connectivity index (χ2n) is 10.1. The highest BCUT2D eigenvalue weighted by Gasteiger charge is 2.63. The van der Waals surface area contributed by atoms with Crippen LogP contribution in [0.3, 0.4) is 0 Å². The molecular weight excluding hydrogens is 447 g/mol. The van der Waals surface area contributed by atoms with Crippen LogP contribution in [0, 0.1) is 35.5 Å². The first kappa shape index (κ1) is 25.7. The molecule has 0 amide bonds. The van der Waals surface area contributed by atoms with Crippen molar-refractivity contribution in [1.82, 2.24) is 0 Å². The molecule has 33 heavy (non-hydrogen) atoms. The number of rotatable bonds is 5. The zero-order valence-corrected chi connectivity index (χ0v) is 19.5. The van der Waals surface area contributed by atoms with E-state index in [4.69, 9.17) is 9.47 Å². The Labute approximate surface area is 190 Å². The normalized spacial score (nSPS) is 32.9. The predicted molar refractivity (Wildman–Crippen MR) is 110 cm³/mol. The van der Waals surface area contributed by atoms with Gasteiger partial charge in [-0.05, 0) is 55.4 Å². The van der Waals surface area contributed by atoms with Crippen molar-refractivity contribution in [2.75, 3.05) is 0 Å². The van der Waals surface area contributed by atoms with Crippen molar-refractivity contribution in [3.05, 3.63) is 23.0 Å². The topological polar surface area (TPSA) is 52.6 Å². The molecule has 1 heterocycles. The van der Waals surface area contributed by atoms with Crippen molar-refractivity contribution >= 4 is 11.9 Å². The smallest absolute Gasteiger partial charge is 0.457 e. The Morgan fingerprint density at radius 2 is 1.79 bits per heavy atom. The van der Waals surface area contributed by atoms with Gasteiger partial charge in [-0.2, -0.15) is 22.0 Å². The number of halogens is 5. The maximum atomic E-state index is 14.5. The first-order valence-electron chi connectivity index (χ1n) is 11.4. The second kappa shape index (κ2) is 9.02. The summed E-state index contributed by atoms with van der Waals surface area (Å²) in [4.78, 5) is 24.6. The molecule has 6 atom stereocenters. The van der Waals surface area contributed by atoms with Crippen molar-refractivity contribution in [3.8, 4) is 0 Å². The lowest BCUT2D eigenvalue weighted by Gasteiger charge is -2.33. The van der Waals surface area contributed by atoms with Gasteiger partial charge in [0.25, 0.3) is 0 Å². The molecule has 0 bridgehead atoms. The van der Waals surface area contributed by atoms with Crippen LogP contribution in [0.2, 0.25) is 0 Å². The van der Waals surface area contributed by atoms with Gasteiger partial charge in [0.2, 0.25) is 0 Å². The molecule has 0 radical (unpaired) electrons. The number of ether oxygens (including phenoxy) is 2. The highest BCUT2D eigenvalue weighted by molar-refractivity contribution is 5.79. The van der Waals surface area contributed by atoms with Crippen molar-refractivity contribution in [3.63, 3.8) is 0 Å². The average Bonchev–Trinajstić information content (AvgIpc) is 3.45. The molecule has 0 aromatic carbocycles. The first-order chi connectivity index (χ1) is 15.1. The zero-order chi connectivity index (χ0) is 24.9. The second-order valence-corrected chi connectivity index (χ2v) is 10.1. The molecule has 0 spiro atoms. The van der Waals surface area contributed by atoms with Gasteiger partial charge in [0.05, 0.1) is 5.92 Å². The summed E-state index contributed by atoms with van der Waals surface area (Å²) in [6.45, 7) is 8.55. The molecule has 186 valence electrons. The fourth-order valence-corrected chi connectivity index (χ4v) is 5.15. The molecule has 0 aromatic heterocycles. The minimum Gasteiger partial charge on any atom is -0.458 e. The zero-order valence-electron chi connectivity index (χ0n) is 19.5. The quantitative estimate of drug-likeness (QED) is 0.268. The summed E-state index contributed by atoms with van der Waals surface area (Å²) in [6.07, 6.45) is -4.44. The van der Waals surface area contributed by atoms with Crippen LogP contribution in [0.1, 0.15) is 60.3 Å². The summed E-state index contributed by atoms with van der Waals surface area (Å²) >= 11 is 0. The largest absolute Gasteiger partial charge is 0.458 e. The number of alkyl halides is 5. The molecule has 4 nitrogen and oxygen atoms in total. The van der Waals surface area contributed by atoms with E-state index in [0.29, 0.717) is 6.42 Å². The molecule has 0 aromatic rings. The van der Waals surface area contributed by atoms with Gasteiger partial charge >= 0.3 is 24.0 Å². The number of esters is 2. The minimum absolute atomic E-state index is 0.0134. The van der Waals surface area contributed by atoms with Gasteiger partial charge < -0.3 is 9.47 Å². The number of hydrogen-bond donors (Lipinski definition) is 0. The fraction of sp³-hybridized carbons (Fsp3) is 0.750. The maximum absolute atomic E-state index is 14.5. The van der Waals surface area contributed by atoms with E-state index < -0.39 is 48.1 Å². The van der Waals surface area contributed by atoms with Crippen LogP contribution < -0.4 is 0 Å². The third-order valence-corrected chi connectivity index (χ3v) is 7.12. The molecule has 2 aliphatic carbocycles. The van der Waals surface area contributed by atoms with Gasteiger partial charge in [-0.1, -0.05) is 33.3 Å². The van der Waals surface area contributed by atoms with Gasteiger partial charge in [-0.3, -0.25) is 9.59 Å². The lowest BCUT2D eigenvalue weighted by molar-refractivity contribution is -0.266. The van der Waals surface area contributed by atoms with E-state index in [2.05, 4.69) is 0 Å². The third-order valence-electron chi connectivity index (χ3n) is 7.12. The number of hydrogen-bond acceptors (Lipinski definition) is 4. The Balaban J connectivity index is 2.01. The Bertz CT molecular complexity index is 857. The SMILES string of the molecule is CC(=O)OC(/C=C1/OC(=O)C(C2=C(C(F)(F)C(F)(F)F)CC[C@@H](C)C2)[C@@H]2C[C@H]2[C@@H]1C)C(C)C. The molecule has 9 heteroatoms. The minimum atomic E-state index is -5.72. The van der Waals surface area contributed by atoms with Crippen molar-refractivity contribution in [2.24, 2.45) is 35.5 Å². The Morgan fingerprint density at radius 1 is 1.15 bits per heavy atom. The first-order valence-corrected chi connectivity index (χ1v) is 11.4. The monoisotopic (exact) mass is 478 g/mol. The predicted octanol–water partition coefficient (Wildman–Crippen LogP) is 6.22. The van der Waals surface area contributed by atoms with Gasteiger partial charge in [-0.15, -0.1) is 0 Å². The molecule has 1 saturated carbocycles. The molecule has 2 fully saturated rings. The number of cyclic esters (lactones) is 1. The van der Waals surface area contributed by atoms with E-state index in [9.17, 15) is 31.5 Å². The Morgan fingerprint density at radius 3 is 2.33 bits per heavy atom. The lowest BCUT2D eigenvalue weighted by atomic mass is 9.75.